The molecule has 19 heavy (non-hydrogen) atoms. The first-order valence-electron chi connectivity index (χ1n) is 7.61. The quantitative estimate of drug-likeness (QED) is 0.796. The first kappa shape index (κ1) is 15.3. The van der Waals surface area contributed by atoms with Crippen molar-refractivity contribution < 1.29 is 8.42 Å². The summed E-state index contributed by atoms with van der Waals surface area (Å²) in [6.45, 7) is 8.94. The predicted octanol–water partition coefficient (Wildman–Crippen LogP) is 1.13. The Hall–Kier alpha value is -0.130. The van der Waals surface area contributed by atoms with E-state index in [2.05, 4.69) is 24.1 Å². The molecule has 2 fully saturated rings. The van der Waals surface area contributed by atoms with Crippen LogP contribution in [0.2, 0.25) is 0 Å². The Bertz CT molecular complexity index is 390. The summed E-state index contributed by atoms with van der Waals surface area (Å²) in [5, 5.41) is 3.64. The molecule has 0 aromatic carbocycles. The lowest BCUT2D eigenvalue weighted by Crippen LogP contribution is -2.59. The highest BCUT2D eigenvalue weighted by molar-refractivity contribution is 7.91. The number of nitrogens with zero attached hydrogens (tertiary/aromatic N) is 1. The van der Waals surface area contributed by atoms with Crippen LogP contribution in [0.3, 0.4) is 0 Å². The van der Waals surface area contributed by atoms with Crippen LogP contribution in [0.1, 0.15) is 33.6 Å². The predicted molar refractivity (Wildman–Crippen MR) is 79.0 cm³/mol. The summed E-state index contributed by atoms with van der Waals surface area (Å²) in [7, 11) is -2.85. The van der Waals surface area contributed by atoms with Gasteiger partial charge in [-0.3, -0.25) is 4.90 Å². The molecule has 1 saturated heterocycles. The molecule has 4 nitrogen and oxygen atoms in total. The first-order chi connectivity index (χ1) is 8.93. The SMILES string of the molecule is CCS(=O)(=O)CCN1CC(C(C)C)NCC1C1CC1. The average molecular weight is 288 g/mol. The van der Waals surface area contributed by atoms with Gasteiger partial charge in [0, 0.05) is 37.5 Å². The second kappa shape index (κ2) is 6.10. The Morgan fingerprint density at radius 3 is 2.53 bits per heavy atom. The third-order valence-corrected chi connectivity index (χ3v) is 6.27. The van der Waals surface area contributed by atoms with Crippen molar-refractivity contribution >= 4 is 9.84 Å². The van der Waals surface area contributed by atoms with Gasteiger partial charge in [0.05, 0.1) is 5.75 Å². The summed E-state index contributed by atoms with van der Waals surface area (Å²) in [6.07, 6.45) is 2.63. The number of rotatable bonds is 6. The lowest BCUT2D eigenvalue weighted by Gasteiger charge is -2.42. The van der Waals surface area contributed by atoms with Crippen molar-refractivity contribution in [1.82, 2.24) is 10.2 Å². The summed E-state index contributed by atoms with van der Waals surface area (Å²) in [4.78, 5) is 2.44. The van der Waals surface area contributed by atoms with Gasteiger partial charge in [-0.1, -0.05) is 20.8 Å². The zero-order valence-electron chi connectivity index (χ0n) is 12.4. The largest absolute Gasteiger partial charge is 0.311 e. The summed E-state index contributed by atoms with van der Waals surface area (Å²) in [5.41, 5.74) is 0. The fourth-order valence-corrected chi connectivity index (χ4v) is 3.71. The van der Waals surface area contributed by atoms with E-state index >= 15 is 0 Å². The molecular weight excluding hydrogens is 260 g/mol. The molecule has 1 aliphatic heterocycles. The van der Waals surface area contributed by atoms with Gasteiger partial charge in [-0.15, -0.1) is 0 Å². The molecule has 5 heteroatoms. The van der Waals surface area contributed by atoms with Crippen LogP contribution in [0.15, 0.2) is 0 Å². The van der Waals surface area contributed by atoms with Gasteiger partial charge in [0.1, 0.15) is 0 Å². The van der Waals surface area contributed by atoms with Crippen molar-refractivity contribution in [2.24, 2.45) is 11.8 Å². The molecule has 1 saturated carbocycles. The third-order valence-electron chi connectivity index (χ3n) is 4.59. The van der Waals surface area contributed by atoms with E-state index in [1.165, 1.54) is 12.8 Å². The molecule has 1 N–H and O–H groups in total. The molecule has 2 aliphatic rings. The molecule has 1 heterocycles. The van der Waals surface area contributed by atoms with Crippen molar-refractivity contribution in [3.63, 3.8) is 0 Å². The number of hydrogen-bond donors (Lipinski definition) is 1. The smallest absolute Gasteiger partial charge is 0.151 e. The maximum absolute atomic E-state index is 11.7. The van der Waals surface area contributed by atoms with Gasteiger partial charge >= 0.3 is 0 Å². The van der Waals surface area contributed by atoms with E-state index in [-0.39, 0.29) is 5.75 Å². The summed E-state index contributed by atoms with van der Waals surface area (Å²) in [6, 6.07) is 1.06. The molecule has 2 rings (SSSR count). The molecule has 2 unspecified atom stereocenters. The van der Waals surface area contributed by atoms with Gasteiger partial charge < -0.3 is 5.32 Å². The number of piperazine rings is 1. The van der Waals surface area contributed by atoms with E-state index in [0.717, 1.165) is 19.0 Å². The van der Waals surface area contributed by atoms with E-state index in [4.69, 9.17) is 0 Å². The first-order valence-corrected chi connectivity index (χ1v) is 9.43. The molecular formula is C14H28N2O2S. The molecule has 0 aromatic rings. The Morgan fingerprint density at radius 1 is 1.32 bits per heavy atom. The molecule has 0 amide bonds. The zero-order valence-corrected chi connectivity index (χ0v) is 13.2. The third kappa shape index (κ3) is 4.17. The van der Waals surface area contributed by atoms with E-state index in [0.29, 0.717) is 30.3 Å². The highest BCUT2D eigenvalue weighted by Crippen LogP contribution is 2.36. The van der Waals surface area contributed by atoms with Crippen LogP contribution >= 0.6 is 0 Å². The van der Waals surface area contributed by atoms with Crippen LogP contribution in [0.5, 0.6) is 0 Å². The molecule has 0 radical (unpaired) electrons. The van der Waals surface area contributed by atoms with E-state index in [9.17, 15) is 8.42 Å². The van der Waals surface area contributed by atoms with Gasteiger partial charge in [-0.2, -0.15) is 0 Å². The molecule has 0 bridgehead atoms. The van der Waals surface area contributed by atoms with E-state index in [1.54, 1.807) is 6.92 Å². The molecule has 0 aromatic heterocycles. The van der Waals surface area contributed by atoms with Crippen molar-refractivity contribution in [2.75, 3.05) is 31.1 Å². The van der Waals surface area contributed by atoms with Crippen LogP contribution in [0, 0.1) is 11.8 Å². The Labute approximate surface area is 117 Å². The zero-order chi connectivity index (χ0) is 14.0. The molecule has 1 aliphatic carbocycles. The van der Waals surface area contributed by atoms with Crippen molar-refractivity contribution in [3.8, 4) is 0 Å². The summed E-state index contributed by atoms with van der Waals surface area (Å²) in [5.74, 6) is 1.98. The van der Waals surface area contributed by atoms with Crippen molar-refractivity contribution in [3.05, 3.63) is 0 Å². The van der Waals surface area contributed by atoms with Gasteiger partial charge in [-0.05, 0) is 24.7 Å². The van der Waals surface area contributed by atoms with Gasteiger partial charge in [0.25, 0.3) is 0 Å². The standard InChI is InChI=1S/C14H28N2O2S/c1-4-19(17,18)8-7-16-10-13(11(2)3)15-9-14(16)12-5-6-12/h11-15H,4-10H2,1-3H3. The monoisotopic (exact) mass is 288 g/mol. The van der Waals surface area contributed by atoms with Crippen LogP contribution < -0.4 is 5.32 Å². The van der Waals surface area contributed by atoms with Crippen LogP contribution in [0.25, 0.3) is 0 Å². The van der Waals surface area contributed by atoms with Gasteiger partial charge in [0.15, 0.2) is 9.84 Å². The Morgan fingerprint density at radius 2 is 2.00 bits per heavy atom. The van der Waals surface area contributed by atoms with Crippen LogP contribution in [-0.4, -0.2) is 56.5 Å². The second-order valence-electron chi connectivity index (χ2n) is 6.39. The van der Waals surface area contributed by atoms with Gasteiger partial charge in [0.2, 0.25) is 0 Å². The van der Waals surface area contributed by atoms with Crippen molar-refractivity contribution in [2.45, 2.75) is 45.7 Å². The van der Waals surface area contributed by atoms with Gasteiger partial charge in [-0.25, -0.2) is 8.42 Å². The highest BCUT2D eigenvalue weighted by atomic mass is 32.2. The molecule has 0 spiro atoms. The Balaban J connectivity index is 1.95. The van der Waals surface area contributed by atoms with Crippen molar-refractivity contribution in [1.29, 1.82) is 0 Å². The minimum absolute atomic E-state index is 0.265. The number of nitrogens with one attached hydrogen (secondary N) is 1. The number of sulfone groups is 1. The van der Waals surface area contributed by atoms with Crippen LogP contribution in [0.4, 0.5) is 0 Å². The average Bonchev–Trinajstić information content (AvgIpc) is 3.20. The maximum atomic E-state index is 11.7. The lowest BCUT2D eigenvalue weighted by atomic mass is 9.97. The minimum atomic E-state index is -2.85. The molecule has 112 valence electrons. The van der Waals surface area contributed by atoms with E-state index in [1.807, 2.05) is 0 Å². The van der Waals surface area contributed by atoms with Crippen LogP contribution in [-0.2, 0) is 9.84 Å². The molecule has 2 atom stereocenters. The topological polar surface area (TPSA) is 49.4 Å². The minimum Gasteiger partial charge on any atom is -0.311 e. The second-order valence-corrected chi connectivity index (χ2v) is 8.87. The fraction of sp³-hybridized carbons (Fsp3) is 1.00. The highest BCUT2D eigenvalue weighted by Gasteiger charge is 2.39. The number of hydrogen-bond acceptors (Lipinski definition) is 4. The fourth-order valence-electron chi connectivity index (χ4n) is 2.90. The summed E-state index contributed by atoms with van der Waals surface area (Å²) >= 11 is 0. The lowest BCUT2D eigenvalue weighted by molar-refractivity contribution is 0.106. The Kier molecular flexibility index (Phi) is 4.90. The summed E-state index contributed by atoms with van der Waals surface area (Å²) < 4.78 is 23.4. The maximum Gasteiger partial charge on any atom is 0.151 e. The normalized spacial score (nSPS) is 29.9. The van der Waals surface area contributed by atoms with E-state index < -0.39 is 9.84 Å².